The zero-order valence-electron chi connectivity index (χ0n) is 14.9. The van der Waals surface area contributed by atoms with Gasteiger partial charge in [-0.05, 0) is 31.0 Å². The first-order valence-corrected chi connectivity index (χ1v) is 9.45. The van der Waals surface area contributed by atoms with Crippen molar-refractivity contribution in [3.8, 4) is 0 Å². The van der Waals surface area contributed by atoms with Gasteiger partial charge in [-0.1, -0.05) is 47.7 Å². The molecule has 7 heteroatoms. The standard InChI is InChI=1S/C20H19FN2O3S/c1-2-26-18(25)13-23-19-15(21)9-6-10-16(19)27-20(23)22-17(24)12-11-14-7-4-3-5-8-14/h3-10H,2,11-13H2,1H3. The van der Waals surface area contributed by atoms with E-state index in [0.29, 0.717) is 15.9 Å². The zero-order valence-corrected chi connectivity index (χ0v) is 15.7. The number of benzene rings is 2. The predicted octanol–water partition coefficient (Wildman–Crippen LogP) is 3.47. The monoisotopic (exact) mass is 386 g/mol. The van der Waals surface area contributed by atoms with Crippen LogP contribution >= 0.6 is 11.3 Å². The van der Waals surface area contributed by atoms with Gasteiger partial charge < -0.3 is 9.30 Å². The van der Waals surface area contributed by atoms with Crippen molar-refractivity contribution in [2.24, 2.45) is 4.99 Å². The number of aromatic nitrogens is 1. The fourth-order valence-corrected chi connectivity index (χ4v) is 3.77. The first-order chi connectivity index (χ1) is 13.1. The van der Waals surface area contributed by atoms with Gasteiger partial charge in [0.2, 0.25) is 5.91 Å². The van der Waals surface area contributed by atoms with E-state index in [4.69, 9.17) is 4.74 Å². The molecule has 0 aliphatic carbocycles. The number of rotatable bonds is 6. The number of carbonyl (C=O) groups excluding carboxylic acids is 2. The number of hydrogen-bond donors (Lipinski definition) is 0. The van der Waals surface area contributed by atoms with Gasteiger partial charge in [0.1, 0.15) is 12.4 Å². The van der Waals surface area contributed by atoms with Crippen LogP contribution in [0.3, 0.4) is 0 Å². The summed E-state index contributed by atoms with van der Waals surface area (Å²) in [6, 6.07) is 14.3. The lowest BCUT2D eigenvalue weighted by atomic mass is 10.1. The van der Waals surface area contributed by atoms with Crippen molar-refractivity contribution >= 4 is 33.4 Å². The van der Waals surface area contributed by atoms with Gasteiger partial charge in [-0.25, -0.2) is 4.39 Å². The van der Waals surface area contributed by atoms with Crippen molar-refractivity contribution in [3.63, 3.8) is 0 Å². The Balaban J connectivity index is 1.92. The van der Waals surface area contributed by atoms with Crippen molar-refractivity contribution in [3.05, 3.63) is 64.7 Å². The van der Waals surface area contributed by atoms with Gasteiger partial charge >= 0.3 is 5.97 Å². The third kappa shape index (κ3) is 4.68. The smallest absolute Gasteiger partial charge is 0.326 e. The summed E-state index contributed by atoms with van der Waals surface area (Å²) in [6.07, 6.45) is 0.806. The fraction of sp³-hybridized carbons (Fsp3) is 0.250. The predicted molar refractivity (Wildman–Crippen MR) is 102 cm³/mol. The normalized spacial score (nSPS) is 11.7. The van der Waals surface area contributed by atoms with Gasteiger partial charge in [0.25, 0.3) is 0 Å². The van der Waals surface area contributed by atoms with Gasteiger partial charge in [0.15, 0.2) is 4.80 Å². The van der Waals surface area contributed by atoms with Crippen LogP contribution in [0.5, 0.6) is 0 Å². The van der Waals surface area contributed by atoms with Crippen LogP contribution in [-0.4, -0.2) is 23.1 Å². The highest BCUT2D eigenvalue weighted by molar-refractivity contribution is 7.16. The zero-order chi connectivity index (χ0) is 19.2. The number of fused-ring (bicyclic) bond motifs is 1. The van der Waals surface area contributed by atoms with Crippen LogP contribution in [0.2, 0.25) is 0 Å². The van der Waals surface area contributed by atoms with Crippen LogP contribution in [0, 0.1) is 5.82 Å². The lowest BCUT2D eigenvalue weighted by molar-refractivity contribution is -0.143. The van der Waals surface area contributed by atoms with E-state index in [1.807, 2.05) is 30.3 Å². The lowest BCUT2D eigenvalue weighted by Gasteiger charge is -2.05. The van der Waals surface area contributed by atoms with Crippen LogP contribution < -0.4 is 4.80 Å². The van der Waals surface area contributed by atoms with E-state index in [0.717, 1.165) is 5.56 Å². The fourth-order valence-electron chi connectivity index (χ4n) is 2.71. The number of hydrogen-bond acceptors (Lipinski definition) is 4. The molecule has 0 fully saturated rings. The van der Waals surface area contributed by atoms with Crippen LogP contribution in [-0.2, 0) is 27.3 Å². The summed E-state index contributed by atoms with van der Waals surface area (Å²) in [6.45, 7) is 1.74. The lowest BCUT2D eigenvalue weighted by Crippen LogP contribution is -2.23. The van der Waals surface area contributed by atoms with Gasteiger partial charge in [-0.3, -0.25) is 9.59 Å². The van der Waals surface area contributed by atoms with Gasteiger partial charge in [0, 0.05) is 6.42 Å². The number of thiazole rings is 1. The maximum absolute atomic E-state index is 14.3. The molecular formula is C20H19FN2O3S. The van der Waals surface area contributed by atoms with E-state index in [1.165, 1.54) is 22.0 Å². The van der Waals surface area contributed by atoms with Crippen molar-refractivity contribution in [1.82, 2.24) is 4.57 Å². The van der Waals surface area contributed by atoms with Crippen LogP contribution in [0.4, 0.5) is 4.39 Å². The summed E-state index contributed by atoms with van der Waals surface area (Å²) in [5.41, 5.74) is 1.30. The molecule has 1 amide bonds. The minimum absolute atomic E-state index is 0.195. The molecule has 1 aromatic heterocycles. The molecule has 2 aromatic carbocycles. The van der Waals surface area contributed by atoms with Crippen molar-refractivity contribution in [1.29, 1.82) is 0 Å². The molecule has 0 aliphatic heterocycles. The Morgan fingerprint density at radius 2 is 1.93 bits per heavy atom. The summed E-state index contributed by atoms with van der Waals surface area (Å²) < 4.78 is 21.3. The number of nitrogens with zero attached hydrogens (tertiary/aromatic N) is 2. The van der Waals surface area contributed by atoms with Gasteiger partial charge in [0.05, 0.1) is 16.8 Å². The highest BCUT2D eigenvalue weighted by Crippen LogP contribution is 2.20. The van der Waals surface area contributed by atoms with E-state index < -0.39 is 11.8 Å². The Hall–Kier alpha value is -2.80. The molecule has 27 heavy (non-hydrogen) atoms. The van der Waals surface area contributed by atoms with Crippen molar-refractivity contribution in [2.45, 2.75) is 26.3 Å². The molecule has 0 aliphatic rings. The summed E-state index contributed by atoms with van der Waals surface area (Å²) >= 11 is 1.18. The Kier molecular flexibility index (Phi) is 6.13. The number of esters is 1. The second-order valence-corrected chi connectivity index (χ2v) is 6.86. The van der Waals surface area contributed by atoms with Gasteiger partial charge in [-0.2, -0.15) is 4.99 Å². The number of amides is 1. The first-order valence-electron chi connectivity index (χ1n) is 8.63. The molecule has 0 N–H and O–H groups in total. The number of ether oxygens (including phenoxy) is 1. The van der Waals surface area contributed by atoms with E-state index in [9.17, 15) is 14.0 Å². The molecule has 0 radical (unpaired) electrons. The van der Waals surface area contributed by atoms with Crippen LogP contribution in [0.15, 0.2) is 53.5 Å². The SMILES string of the molecule is CCOC(=O)Cn1c(=NC(=O)CCc2ccccc2)sc2cccc(F)c21. The molecule has 0 saturated carbocycles. The molecule has 0 atom stereocenters. The largest absolute Gasteiger partial charge is 0.465 e. The minimum Gasteiger partial charge on any atom is -0.465 e. The molecule has 140 valence electrons. The van der Waals surface area contributed by atoms with Crippen molar-refractivity contribution < 1.29 is 18.7 Å². The maximum atomic E-state index is 14.3. The van der Waals surface area contributed by atoms with Crippen LogP contribution in [0.1, 0.15) is 18.9 Å². The Labute approximate surface area is 159 Å². The average Bonchev–Trinajstić information content (AvgIpc) is 2.99. The Morgan fingerprint density at radius 3 is 2.67 bits per heavy atom. The third-order valence-electron chi connectivity index (χ3n) is 3.94. The molecule has 1 heterocycles. The second-order valence-electron chi connectivity index (χ2n) is 5.85. The number of para-hydroxylation sites is 1. The molecule has 5 nitrogen and oxygen atoms in total. The number of aryl methyl sites for hydroxylation is 1. The molecule has 0 bridgehead atoms. The third-order valence-corrected chi connectivity index (χ3v) is 4.98. The number of halogens is 1. The topological polar surface area (TPSA) is 60.7 Å². The summed E-state index contributed by atoms with van der Waals surface area (Å²) in [5, 5.41) is 0. The Bertz CT molecular complexity index is 1020. The van der Waals surface area contributed by atoms with E-state index >= 15 is 0 Å². The summed E-state index contributed by atoms with van der Waals surface area (Å²) in [5.74, 6) is -1.28. The second kappa shape index (κ2) is 8.73. The van der Waals surface area contributed by atoms with E-state index in [1.54, 1.807) is 19.1 Å². The van der Waals surface area contributed by atoms with Gasteiger partial charge in [-0.15, -0.1) is 0 Å². The highest BCUT2D eigenvalue weighted by atomic mass is 32.1. The maximum Gasteiger partial charge on any atom is 0.326 e. The Morgan fingerprint density at radius 1 is 1.15 bits per heavy atom. The highest BCUT2D eigenvalue weighted by Gasteiger charge is 2.15. The van der Waals surface area contributed by atoms with Crippen LogP contribution in [0.25, 0.3) is 10.2 Å². The number of carbonyl (C=O) groups is 2. The van der Waals surface area contributed by atoms with E-state index in [2.05, 4.69) is 4.99 Å². The molecule has 0 saturated heterocycles. The summed E-state index contributed by atoms with van der Waals surface area (Å²) in [4.78, 5) is 28.7. The minimum atomic E-state index is -0.501. The average molecular weight is 386 g/mol. The quantitative estimate of drug-likeness (QED) is 0.610. The van der Waals surface area contributed by atoms with E-state index in [-0.39, 0.29) is 31.0 Å². The molecule has 3 rings (SSSR count). The summed E-state index contributed by atoms with van der Waals surface area (Å²) in [7, 11) is 0. The first kappa shape index (κ1) is 19.0. The molecule has 3 aromatic rings. The molecular weight excluding hydrogens is 367 g/mol. The molecule has 0 unspecified atom stereocenters. The molecule has 0 spiro atoms. The van der Waals surface area contributed by atoms with Crippen molar-refractivity contribution in [2.75, 3.05) is 6.61 Å².